The SMILES string of the molecule is Fc1nccc(Cl)c1OC1CC1. The molecule has 0 aliphatic heterocycles. The highest BCUT2D eigenvalue weighted by Gasteiger charge is 2.26. The van der Waals surface area contributed by atoms with Gasteiger partial charge in [-0.1, -0.05) is 11.6 Å². The van der Waals surface area contributed by atoms with Crippen LogP contribution < -0.4 is 4.74 Å². The molecule has 12 heavy (non-hydrogen) atoms. The minimum atomic E-state index is -0.630. The highest BCUT2D eigenvalue weighted by atomic mass is 35.5. The lowest BCUT2D eigenvalue weighted by Crippen LogP contribution is -2.00. The van der Waals surface area contributed by atoms with E-state index in [-0.39, 0.29) is 16.9 Å². The Morgan fingerprint density at radius 1 is 1.58 bits per heavy atom. The number of halogens is 2. The van der Waals surface area contributed by atoms with E-state index in [0.717, 1.165) is 12.8 Å². The van der Waals surface area contributed by atoms with Crippen LogP contribution in [0.1, 0.15) is 12.8 Å². The smallest absolute Gasteiger partial charge is 0.256 e. The summed E-state index contributed by atoms with van der Waals surface area (Å²) in [6, 6.07) is 1.52. The maximum Gasteiger partial charge on any atom is 0.256 e. The van der Waals surface area contributed by atoms with Gasteiger partial charge in [-0.2, -0.15) is 4.39 Å². The van der Waals surface area contributed by atoms with Crippen LogP contribution in [0.2, 0.25) is 5.02 Å². The first-order chi connectivity index (χ1) is 5.77. The molecule has 1 aliphatic carbocycles. The molecule has 1 aromatic heterocycles. The fourth-order valence-corrected chi connectivity index (χ4v) is 1.04. The fourth-order valence-electron chi connectivity index (χ4n) is 0.858. The third kappa shape index (κ3) is 1.50. The maximum absolute atomic E-state index is 12.9. The molecule has 0 radical (unpaired) electrons. The number of rotatable bonds is 2. The Morgan fingerprint density at radius 2 is 2.33 bits per heavy atom. The van der Waals surface area contributed by atoms with E-state index in [9.17, 15) is 4.39 Å². The van der Waals surface area contributed by atoms with Gasteiger partial charge >= 0.3 is 0 Å². The zero-order chi connectivity index (χ0) is 8.55. The summed E-state index contributed by atoms with van der Waals surface area (Å²) in [6.45, 7) is 0. The Bertz CT molecular complexity index is 281. The predicted octanol–water partition coefficient (Wildman–Crippen LogP) is 2.42. The average molecular weight is 188 g/mol. The predicted molar refractivity (Wildman–Crippen MR) is 42.9 cm³/mol. The van der Waals surface area contributed by atoms with Crippen molar-refractivity contribution in [1.29, 1.82) is 0 Å². The molecular weight excluding hydrogens is 181 g/mol. The molecule has 64 valence electrons. The zero-order valence-electron chi connectivity index (χ0n) is 6.26. The number of nitrogens with zero attached hydrogens (tertiary/aromatic N) is 1. The molecule has 1 aromatic rings. The van der Waals surface area contributed by atoms with Crippen molar-refractivity contribution in [1.82, 2.24) is 4.98 Å². The molecule has 0 bridgehead atoms. The Hall–Kier alpha value is -0.830. The molecule has 1 aliphatic rings. The Labute approximate surface area is 74.3 Å². The van der Waals surface area contributed by atoms with Gasteiger partial charge < -0.3 is 4.74 Å². The third-order valence-corrected chi connectivity index (χ3v) is 1.92. The summed E-state index contributed by atoms with van der Waals surface area (Å²) in [5.74, 6) is -0.545. The summed E-state index contributed by atoms with van der Waals surface area (Å²) >= 11 is 5.70. The molecule has 2 rings (SSSR count). The number of ether oxygens (including phenoxy) is 1. The molecule has 0 saturated heterocycles. The topological polar surface area (TPSA) is 22.1 Å². The first kappa shape index (κ1) is 7.80. The first-order valence-corrected chi connectivity index (χ1v) is 4.12. The van der Waals surface area contributed by atoms with Crippen molar-refractivity contribution in [2.75, 3.05) is 0 Å². The van der Waals surface area contributed by atoms with Crippen LogP contribution in [0.3, 0.4) is 0 Å². The van der Waals surface area contributed by atoms with Crippen molar-refractivity contribution < 1.29 is 9.13 Å². The molecule has 1 saturated carbocycles. The van der Waals surface area contributed by atoms with E-state index in [0.29, 0.717) is 0 Å². The van der Waals surface area contributed by atoms with E-state index in [1.165, 1.54) is 12.3 Å². The van der Waals surface area contributed by atoms with Crippen molar-refractivity contribution in [2.45, 2.75) is 18.9 Å². The molecule has 0 amide bonds. The monoisotopic (exact) mass is 187 g/mol. The van der Waals surface area contributed by atoms with Gasteiger partial charge in [0.1, 0.15) is 0 Å². The number of hydrogen-bond acceptors (Lipinski definition) is 2. The fraction of sp³-hybridized carbons (Fsp3) is 0.375. The van der Waals surface area contributed by atoms with Crippen molar-refractivity contribution in [3.8, 4) is 5.75 Å². The standard InChI is InChI=1S/C8H7ClFNO/c9-6-3-4-11-8(10)7(6)12-5-1-2-5/h3-5H,1-2H2. The van der Waals surface area contributed by atoms with E-state index in [4.69, 9.17) is 16.3 Å². The van der Waals surface area contributed by atoms with Crippen molar-refractivity contribution >= 4 is 11.6 Å². The van der Waals surface area contributed by atoms with Crippen LogP contribution in [0.4, 0.5) is 4.39 Å². The zero-order valence-corrected chi connectivity index (χ0v) is 7.01. The van der Waals surface area contributed by atoms with Crippen LogP contribution in [-0.2, 0) is 0 Å². The quantitative estimate of drug-likeness (QED) is 0.664. The average Bonchev–Trinajstić information content (AvgIpc) is 2.80. The van der Waals surface area contributed by atoms with Crippen LogP contribution in [0.25, 0.3) is 0 Å². The summed E-state index contributed by atoms with van der Waals surface area (Å²) in [5.41, 5.74) is 0. The summed E-state index contributed by atoms with van der Waals surface area (Å²) in [7, 11) is 0. The summed E-state index contributed by atoms with van der Waals surface area (Å²) in [6.07, 6.45) is 3.41. The Morgan fingerprint density at radius 3 is 2.92 bits per heavy atom. The Kier molecular flexibility index (Phi) is 1.89. The van der Waals surface area contributed by atoms with Crippen LogP contribution in [0.15, 0.2) is 12.3 Å². The van der Waals surface area contributed by atoms with E-state index in [1.54, 1.807) is 0 Å². The lowest BCUT2D eigenvalue weighted by Gasteiger charge is -2.05. The van der Waals surface area contributed by atoms with Crippen molar-refractivity contribution in [2.24, 2.45) is 0 Å². The highest BCUT2D eigenvalue weighted by molar-refractivity contribution is 6.32. The molecule has 1 fully saturated rings. The number of pyridine rings is 1. The van der Waals surface area contributed by atoms with Gasteiger partial charge in [-0.25, -0.2) is 4.98 Å². The van der Waals surface area contributed by atoms with E-state index in [2.05, 4.69) is 4.98 Å². The van der Waals surface area contributed by atoms with E-state index in [1.807, 2.05) is 0 Å². The molecule has 4 heteroatoms. The van der Waals surface area contributed by atoms with Crippen molar-refractivity contribution in [3.63, 3.8) is 0 Å². The van der Waals surface area contributed by atoms with Gasteiger partial charge in [0.15, 0.2) is 5.75 Å². The minimum Gasteiger partial charge on any atom is -0.484 e. The van der Waals surface area contributed by atoms with Crippen molar-refractivity contribution in [3.05, 3.63) is 23.2 Å². The molecule has 0 N–H and O–H groups in total. The highest BCUT2D eigenvalue weighted by Crippen LogP contribution is 2.32. The van der Waals surface area contributed by atoms with Crippen LogP contribution in [0.5, 0.6) is 5.75 Å². The van der Waals surface area contributed by atoms with E-state index >= 15 is 0 Å². The van der Waals surface area contributed by atoms with Crippen LogP contribution in [-0.4, -0.2) is 11.1 Å². The second kappa shape index (κ2) is 2.90. The molecule has 0 spiro atoms. The largest absolute Gasteiger partial charge is 0.484 e. The Balaban J connectivity index is 2.26. The molecule has 0 unspecified atom stereocenters. The van der Waals surface area contributed by atoms with Gasteiger partial charge in [0.25, 0.3) is 5.95 Å². The molecule has 1 heterocycles. The molecule has 2 nitrogen and oxygen atoms in total. The van der Waals surface area contributed by atoms with Gasteiger partial charge in [0, 0.05) is 6.20 Å². The van der Waals surface area contributed by atoms with E-state index < -0.39 is 5.95 Å². The van der Waals surface area contributed by atoms with Gasteiger partial charge in [-0.05, 0) is 18.9 Å². The maximum atomic E-state index is 12.9. The van der Waals surface area contributed by atoms with Gasteiger partial charge in [-0.15, -0.1) is 0 Å². The molecule has 0 atom stereocenters. The number of aromatic nitrogens is 1. The van der Waals surface area contributed by atoms with Gasteiger partial charge in [-0.3, -0.25) is 0 Å². The normalized spacial score (nSPS) is 16.2. The van der Waals surface area contributed by atoms with Gasteiger partial charge in [0.05, 0.1) is 11.1 Å². The summed E-state index contributed by atoms with van der Waals surface area (Å²) in [4.78, 5) is 3.44. The first-order valence-electron chi connectivity index (χ1n) is 3.74. The summed E-state index contributed by atoms with van der Waals surface area (Å²) in [5, 5.41) is 0.286. The number of hydrogen-bond donors (Lipinski definition) is 0. The lowest BCUT2D eigenvalue weighted by atomic mass is 10.4. The third-order valence-electron chi connectivity index (χ3n) is 1.62. The second-order valence-corrected chi connectivity index (χ2v) is 3.14. The van der Waals surface area contributed by atoms with Crippen LogP contribution >= 0.6 is 11.6 Å². The second-order valence-electron chi connectivity index (χ2n) is 2.73. The molecule has 0 aromatic carbocycles. The molecular formula is C8H7ClFNO. The minimum absolute atomic E-state index is 0.0849. The summed E-state index contributed by atoms with van der Waals surface area (Å²) < 4.78 is 18.1. The van der Waals surface area contributed by atoms with Crippen LogP contribution in [0, 0.1) is 5.95 Å². The van der Waals surface area contributed by atoms with Gasteiger partial charge in [0.2, 0.25) is 0 Å². The lowest BCUT2D eigenvalue weighted by molar-refractivity contribution is 0.283.